The number of rotatable bonds is 4. The summed E-state index contributed by atoms with van der Waals surface area (Å²) in [6, 6.07) is 18.0. The molecule has 3 heterocycles. The molecule has 0 bridgehead atoms. The topological polar surface area (TPSA) is 67.4 Å². The molecule has 1 spiro atoms. The van der Waals surface area contributed by atoms with Gasteiger partial charge in [-0.15, -0.1) is 0 Å². The first-order valence-electron chi connectivity index (χ1n) is 11.3. The predicted molar refractivity (Wildman–Crippen MR) is 124 cm³/mol. The molecule has 2 aliphatic rings. The van der Waals surface area contributed by atoms with Gasteiger partial charge in [0.15, 0.2) is 0 Å². The number of anilines is 1. The monoisotopic (exact) mass is 428 g/mol. The van der Waals surface area contributed by atoms with E-state index < -0.39 is 0 Å². The van der Waals surface area contributed by atoms with Crippen molar-refractivity contribution in [3.05, 3.63) is 83.7 Å². The molecule has 1 atom stereocenters. The Hall–Kier alpha value is -3.41. The number of amides is 1. The number of benzene rings is 2. The van der Waals surface area contributed by atoms with E-state index in [-0.39, 0.29) is 17.6 Å². The van der Waals surface area contributed by atoms with Crippen LogP contribution in [0, 0.1) is 6.92 Å². The van der Waals surface area contributed by atoms with Crippen molar-refractivity contribution in [2.45, 2.75) is 44.2 Å². The van der Waals surface area contributed by atoms with E-state index in [1.165, 1.54) is 5.56 Å². The van der Waals surface area contributed by atoms with Crippen LogP contribution in [0.1, 0.15) is 42.0 Å². The van der Waals surface area contributed by atoms with Gasteiger partial charge in [0, 0.05) is 50.3 Å². The zero-order valence-electron chi connectivity index (χ0n) is 18.3. The lowest BCUT2D eigenvalue weighted by atomic mass is 9.80. The lowest BCUT2D eigenvalue weighted by Gasteiger charge is -2.47. The Morgan fingerprint density at radius 2 is 1.78 bits per heavy atom. The summed E-state index contributed by atoms with van der Waals surface area (Å²) < 4.78 is 6.57. The van der Waals surface area contributed by atoms with E-state index in [0.717, 1.165) is 55.2 Å². The van der Waals surface area contributed by atoms with Crippen LogP contribution in [0.4, 0.5) is 5.95 Å². The van der Waals surface area contributed by atoms with Gasteiger partial charge in [0.1, 0.15) is 11.4 Å². The molecule has 6 heteroatoms. The first-order chi connectivity index (χ1) is 15.6. The molecule has 5 rings (SSSR count). The molecule has 6 nitrogen and oxygen atoms in total. The van der Waals surface area contributed by atoms with Crippen LogP contribution in [0.5, 0.6) is 5.75 Å². The molecule has 1 aromatic heterocycles. The van der Waals surface area contributed by atoms with E-state index in [1.807, 2.05) is 48.5 Å². The molecular formula is C26H28N4O2. The van der Waals surface area contributed by atoms with E-state index in [0.29, 0.717) is 6.42 Å². The van der Waals surface area contributed by atoms with E-state index in [9.17, 15) is 4.79 Å². The Morgan fingerprint density at radius 3 is 2.53 bits per heavy atom. The third-order valence-electron chi connectivity index (χ3n) is 6.53. The van der Waals surface area contributed by atoms with Gasteiger partial charge in [-0.2, -0.15) is 0 Å². The Bertz CT molecular complexity index is 1080. The van der Waals surface area contributed by atoms with Crippen molar-refractivity contribution < 1.29 is 9.53 Å². The number of carbonyl (C=O) groups is 1. The van der Waals surface area contributed by atoms with Gasteiger partial charge in [-0.25, -0.2) is 9.97 Å². The van der Waals surface area contributed by atoms with Gasteiger partial charge in [-0.05, 0) is 24.6 Å². The molecule has 1 fully saturated rings. The minimum atomic E-state index is -0.290. The number of aryl methyl sites for hydroxylation is 1. The number of hydrogen-bond acceptors (Lipinski definition) is 5. The number of aromatic nitrogens is 2. The fourth-order valence-corrected chi connectivity index (χ4v) is 4.76. The SMILES string of the molecule is Cc1ccc(CC(=O)NC2CC3(CCN(c4ncccn4)CC3)Oc3ccccc32)cc1. The summed E-state index contributed by atoms with van der Waals surface area (Å²) in [4.78, 5) is 23.9. The first kappa shape index (κ1) is 20.5. The number of piperidine rings is 1. The smallest absolute Gasteiger partial charge is 0.225 e. The van der Waals surface area contributed by atoms with E-state index in [1.54, 1.807) is 12.4 Å². The molecule has 3 aromatic rings. The molecule has 164 valence electrons. The van der Waals surface area contributed by atoms with Crippen molar-refractivity contribution in [2.75, 3.05) is 18.0 Å². The van der Waals surface area contributed by atoms with E-state index in [2.05, 4.69) is 33.2 Å². The van der Waals surface area contributed by atoms with Gasteiger partial charge < -0.3 is 15.0 Å². The van der Waals surface area contributed by atoms with Crippen LogP contribution < -0.4 is 15.0 Å². The highest BCUT2D eigenvalue weighted by molar-refractivity contribution is 5.79. The van der Waals surface area contributed by atoms with Crippen LogP contribution in [0.15, 0.2) is 67.0 Å². The maximum Gasteiger partial charge on any atom is 0.225 e. The number of nitrogens with zero attached hydrogens (tertiary/aromatic N) is 3. The van der Waals surface area contributed by atoms with Crippen LogP contribution >= 0.6 is 0 Å². The molecule has 1 N–H and O–H groups in total. The second-order valence-electron chi connectivity index (χ2n) is 8.85. The number of hydrogen-bond donors (Lipinski definition) is 1. The fourth-order valence-electron chi connectivity index (χ4n) is 4.76. The maximum atomic E-state index is 12.9. The van der Waals surface area contributed by atoms with Crippen molar-refractivity contribution >= 4 is 11.9 Å². The summed E-state index contributed by atoms with van der Waals surface area (Å²) >= 11 is 0. The minimum Gasteiger partial charge on any atom is -0.487 e. The first-order valence-corrected chi connectivity index (χ1v) is 11.3. The molecule has 1 unspecified atom stereocenters. The van der Waals surface area contributed by atoms with Crippen LogP contribution in [0.3, 0.4) is 0 Å². The van der Waals surface area contributed by atoms with Gasteiger partial charge in [0.05, 0.1) is 12.5 Å². The summed E-state index contributed by atoms with van der Waals surface area (Å²) in [5, 5.41) is 3.30. The number of nitrogens with one attached hydrogen (secondary N) is 1. The van der Waals surface area contributed by atoms with Gasteiger partial charge in [-0.3, -0.25) is 4.79 Å². The molecule has 0 radical (unpaired) electrons. The van der Waals surface area contributed by atoms with E-state index in [4.69, 9.17) is 4.74 Å². The standard InChI is InChI=1S/C26H28N4O2/c1-19-7-9-20(10-8-19)17-24(31)29-22-18-26(32-23-6-3-2-5-21(22)23)11-15-30(16-12-26)25-27-13-4-14-28-25/h2-10,13-14,22H,11-12,15-18H2,1H3,(H,29,31). The second kappa shape index (κ2) is 8.61. The van der Waals surface area contributed by atoms with Crippen molar-refractivity contribution in [2.24, 2.45) is 0 Å². The van der Waals surface area contributed by atoms with Crippen LogP contribution in [0.25, 0.3) is 0 Å². The number of para-hydroxylation sites is 1. The third-order valence-corrected chi connectivity index (χ3v) is 6.53. The normalized spacial score (nSPS) is 19.2. The average Bonchev–Trinajstić information content (AvgIpc) is 2.82. The van der Waals surface area contributed by atoms with Gasteiger partial charge >= 0.3 is 0 Å². The summed E-state index contributed by atoms with van der Waals surface area (Å²) in [7, 11) is 0. The lowest BCUT2D eigenvalue weighted by Crippen LogP contribution is -2.52. The summed E-state index contributed by atoms with van der Waals surface area (Å²) in [6.45, 7) is 3.71. The Labute approximate surface area is 188 Å². The van der Waals surface area contributed by atoms with Gasteiger partial charge in [0.2, 0.25) is 11.9 Å². The van der Waals surface area contributed by atoms with Crippen molar-refractivity contribution in [1.29, 1.82) is 0 Å². The summed E-state index contributed by atoms with van der Waals surface area (Å²) in [5.74, 6) is 1.69. The molecule has 32 heavy (non-hydrogen) atoms. The highest BCUT2D eigenvalue weighted by atomic mass is 16.5. The molecule has 0 saturated carbocycles. The maximum absolute atomic E-state index is 12.9. The number of carbonyl (C=O) groups excluding carboxylic acids is 1. The highest BCUT2D eigenvalue weighted by Gasteiger charge is 2.44. The van der Waals surface area contributed by atoms with Crippen LogP contribution in [0.2, 0.25) is 0 Å². The van der Waals surface area contributed by atoms with Crippen molar-refractivity contribution in [1.82, 2.24) is 15.3 Å². The van der Waals surface area contributed by atoms with Crippen LogP contribution in [-0.2, 0) is 11.2 Å². The average molecular weight is 429 g/mol. The highest BCUT2D eigenvalue weighted by Crippen LogP contribution is 2.44. The quantitative estimate of drug-likeness (QED) is 0.680. The lowest BCUT2D eigenvalue weighted by molar-refractivity contribution is -0.121. The third kappa shape index (κ3) is 4.31. The van der Waals surface area contributed by atoms with Crippen molar-refractivity contribution in [3.63, 3.8) is 0 Å². The Balaban J connectivity index is 1.31. The molecule has 1 saturated heterocycles. The summed E-state index contributed by atoms with van der Waals surface area (Å²) in [5.41, 5.74) is 2.99. The number of ether oxygens (including phenoxy) is 1. The van der Waals surface area contributed by atoms with Crippen molar-refractivity contribution in [3.8, 4) is 5.75 Å². The van der Waals surface area contributed by atoms with Gasteiger partial charge in [0.25, 0.3) is 0 Å². The Morgan fingerprint density at radius 1 is 1.06 bits per heavy atom. The fraction of sp³-hybridized carbons (Fsp3) is 0.346. The molecule has 2 aromatic carbocycles. The zero-order chi connectivity index (χ0) is 22.0. The van der Waals surface area contributed by atoms with Crippen LogP contribution in [-0.4, -0.2) is 34.6 Å². The second-order valence-corrected chi connectivity index (χ2v) is 8.85. The minimum absolute atomic E-state index is 0.0424. The van der Waals surface area contributed by atoms with Gasteiger partial charge in [-0.1, -0.05) is 48.0 Å². The molecular weight excluding hydrogens is 400 g/mol. The summed E-state index contributed by atoms with van der Waals surface area (Å²) in [6.07, 6.45) is 6.44. The molecule has 0 aliphatic carbocycles. The largest absolute Gasteiger partial charge is 0.487 e. The number of fused-ring (bicyclic) bond motifs is 1. The molecule has 1 amide bonds. The predicted octanol–water partition coefficient (Wildman–Crippen LogP) is 4.01. The Kier molecular flexibility index (Phi) is 5.52. The zero-order valence-corrected chi connectivity index (χ0v) is 18.3. The van der Waals surface area contributed by atoms with E-state index >= 15 is 0 Å². The molecule has 2 aliphatic heterocycles.